The van der Waals surface area contributed by atoms with E-state index in [0.717, 1.165) is 49.7 Å². The Labute approximate surface area is 165 Å². The van der Waals surface area contributed by atoms with E-state index in [-0.39, 0.29) is 5.91 Å². The second-order valence-corrected chi connectivity index (χ2v) is 7.16. The molecule has 2 aromatic rings. The minimum atomic E-state index is -0.145. The maximum atomic E-state index is 13.2. The van der Waals surface area contributed by atoms with E-state index in [1.54, 1.807) is 23.1 Å². The Hall–Kier alpha value is -2.83. The second kappa shape index (κ2) is 8.04. The third-order valence-electron chi connectivity index (χ3n) is 5.03. The number of rotatable bonds is 4. The van der Waals surface area contributed by atoms with Crippen LogP contribution in [-0.2, 0) is 9.53 Å². The third-order valence-corrected chi connectivity index (χ3v) is 5.03. The molecule has 6 heteroatoms. The highest BCUT2D eigenvalue weighted by molar-refractivity contribution is 6.10. The van der Waals surface area contributed by atoms with Gasteiger partial charge in [-0.2, -0.15) is 0 Å². The highest BCUT2D eigenvalue weighted by Gasteiger charge is 2.30. The van der Waals surface area contributed by atoms with Crippen molar-refractivity contribution >= 4 is 23.4 Å². The Kier molecular flexibility index (Phi) is 5.32. The summed E-state index contributed by atoms with van der Waals surface area (Å²) in [5, 5.41) is 0. The molecule has 0 spiro atoms. The molecule has 1 fully saturated rings. The van der Waals surface area contributed by atoms with E-state index in [1.807, 2.05) is 37.3 Å². The number of anilines is 2. The minimum absolute atomic E-state index is 0.145. The van der Waals surface area contributed by atoms with Gasteiger partial charge in [0.2, 0.25) is 0 Å². The number of carbonyl (C=O) groups is 1. The molecule has 0 saturated carbocycles. The largest absolute Gasteiger partial charge is 0.449 e. The average molecular weight is 379 g/mol. The van der Waals surface area contributed by atoms with Crippen molar-refractivity contribution < 1.29 is 14.3 Å². The van der Waals surface area contributed by atoms with E-state index in [1.165, 1.54) is 0 Å². The number of nitrogen functional groups attached to an aromatic ring is 1. The molecule has 2 aromatic carbocycles. The van der Waals surface area contributed by atoms with E-state index >= 15 is 0 Å². The summed E-state index contributed by atoms with van der Waals surface area (Å²) in [5.41, 5.74) is 9.37. The van der Waals surface area contributed by atoms with Crippen LogP contribution in [0.5, 0.6) is 5.75 Å². The number of hydrogen-bond donors (Lipinski definition) is 1. The summed E-state index contributed by atoms with van der Waals surface area (Å²) in [6, 6.07) is 13.4. The van der Waals surface area contributed by atoms with Gasteiger partial charge in [0.1, 0.15) is 0 Å². The van der Waals surface area contributed by atoms with Gasteiger partial charge in [-0.15, -0.1) is 0 Å². The van der Waals surface area contributed by atoms with Crippen molar-refractivity contribution in [1.29, 1.82) is 0 Å². The van der Waals surface area contributed by atoms with Gasteiger partial charge in [0.15, 0.2) is 11.5 Å². The predicted molar refractivity (Wildman–Crippen MR) is 110 cm³/mol. The Morgan fingerprint density at radius 1 is 1.11 bits per heavy atom. The van der Waals surface area contributed by atoms with Crippen LogP contribution in [0.3, 0.4) is 0 Å². The van der Waals surface area contributed by atoms with Gasteiger partial charge in [0, 0.05) is 31.9 Å². The molecular weight excluding hydrogens is 354 g/mol. The molecule has 0 bridgehead atoms. The topological polar surface area (TPSA) is 68.0 Å². The number of nitrogens with two attached hydrogens (primary N) is 1. The Morgan fingerprint density at radius 2 is 1.93 bits per heavy atom. The standard InChI is InChI=1S/C22H25N3O3/c1-16-3-2-4-17(13-16)14-21-22(26)25(8-7-24-9-11-27-12-10-24)19-15-18(23)5-6-20(19)28-21/h2-6,13-15H,7-12,23H2,1H3/b21-14+. The van der Waals surface area contributed by atoms with Crippen molar-refractivity contribution in [2.75, 3.05) is 50.0 Å². The molecule has 2 N–H and O–H groups in total. The zero-order chi connectivity index (χ0) is 19.5. The number of carbonyl (C=O) groups excluding carboxylic acids is 1. The fraction of sp³-hybridized carbons (Fsp3) is 0.318. The number of morpholine rings is 1. The van der Waals surface area contributed by atoms with E-state index in [2.05, 4.69) is 4.90 Å². The van der Waals surface area contributed by atoms with Crippen LogP contribution in [0.4, 0.5) is 11.4 Å². The molecule has 0 radical (unpaired) electrons. The maximum absolute atomic E-state index is 13.2. The lowest BCUT2D eigenvalue weighted by Crippen LogP contribution is -2.45. The average Bonchev–Trinajstić information content (AvgIpc) is 2.69. The molecule has 0 unspecified atom stereocenters. The van der Waals surface area contributed by atoms with Crippen LogP contribution in [0.1, 0.15) is 11.1 Å². The van der Waals surface area contributed by atoms with Crippen molar-refractivity contribution in [1.82, 2.24) is 4.90 Å². The fourth-order valence-electron chi connectivity index (χ4n) is 3.53. The van der Waals surface area contributed by atoms with Crippen molar-refractivity contribution in [3.63, 3.8) is 0 Å². The van der Waals surface area contributed by atoms with Crippen LogP contribution in [0, 0.1) is 6.92 Å². The smallest absolute Gasteiger partial charge is 0.294 e. The summed E-state index contributed by atoms with van der Waals surface area (Å²) in [4.78, 5) is 17.3. The van der Waals surface area contributed by atoms with Crippen LogP contribution in [-0.4, -0.2) is 50.2 Å². The van der Waals surface area contributed by atoms with Crippen molar-refractivity contribution in [3.8, 4) is 5.75 Å². The summed E-state index contributed by atoms with van der Waals surface area (Å²) in [5.74, 6) is 0.826. The summed E-state index contributed by atoms with van der Waals surface area (Å²) in [6.07, 6.45) is 1.80. The van der Waals surface area contributed by atoms with Crippen LogP contribution in [0.15, 0.2) is 48.2 Å². The zero-order valence-corrected chi connectivity index (χ0v) is 16.1. The molecular formula is C22H25N3O3. The molecule has 1 saturated heterocycles. The van der Waals surface area contributed by atoms with Gasteiger partial charge in [-0.05, 0) is 36.8 Å². The first-order chi connectivity index (χ1) is 13.6. The number of nitrogens with zero attached hydrogens (tertiary/aromatic N) is 2. The summed E-state index contributed by atoms with van der Waals surface area (Å²) in [6.45, 7) is 6.62. The maximum Gasteiger partial charge on any atom is 0.294 e. The van der Waals surface area contributed by atoms with Crippen molar-refractivity contribution in [3.05, 3.63) is 59.4 Å². The number of aryl methyl sites for hydroxylation is 1. The highest BCUT2D eigenvalue weighted by atomic mass is 16.5. The van der Waals surface area contributed by atoms with E-state index < -0.39 is 0 Å². The number of fused-ring (bicyclic) bond motifs is 1. The van der Waals surface area contributed by atoms with E-state index in [4.69, 9.17) is 15.2 Å². The van der Waals surface area contributed by atoms with E-state index in [9.17, 15) is 4.79 Å². The lowest BCUT2D eigenvalue weighted by atomic mass is 10.1. The highest BCUT2D eigenvalue weighted by Crippen LogP contribution is 2.37. The van der Waals surface area contributed by atoms with E-state index in [0.29, 0.717) is 23.7 Å². The molecule has 1 amide bonds. The SMILES string of the molecule is Cc1cccc(/C=C2/Oc3ccc(N)cc3N(CCN3CCOCC3)C2=O)c1. The fourth-order valence-corrected chi connectivity index (χ4v) is 3.53. The van der Waals surface area contributed by atoms with Crippen LogP contribution in [0.2, 0.25) is 0 Å². The first-order valence-electron chi connectivity index (χ1n) is 9.58. The number of amides is 1. The molecule has 2 heterocycles. The first kappa shape index (κ1) is 18.5. The lowest BCUT2D eigenvalue weighted by molar-refractivity contribution is -0.117. The monoisotopic (exact) mass is 379 g/mol. The summed E-state index contributed by atoms with van der Waals surface area (Å²) in [7, 11) is 0. The Bertz CT molecular complexity index is 904. The van der Waals surface area contributed by atoms with Crippen LogP contribution < -0.4 is 15.4 Å². The van der Waals surface area contributed by atoms with Crippen molar-refractivity contribution in [2.45, 2.75) is 6.92 Å². The molecule has 146 valence electrons. The molecule has 2 aliphatic rings. The van der Waals surface area contributed by atoms with Gasteiger partial charge in [-0.25, -0.2) is 0 Å². The molecule has 0 aliphatic carbocycles. The molecule has 4 rings (SSSR count). The quantitative estimate of drug-likeness (QED) is 0.653. The van der Waals surface area contributed by atoms with Gasteiger partial charge >= 0.3 is 0 Å². The number of benzene rings is 2. The third kappa shape index (κ3) is 4.03. The Balaban J connectivity index is 1.62. The van der Waals surface area contributed by atoms with Crippen LogP contribution >= 0.6 is 0 Å². The molecule has 0 atom stereocenters. The van der Waals surface area contributed by atoms with Crippen molar-refractivity contribution in [2.24, 2.45) is 0 Å². The normalized spacial score (nSPS) is 18.8. The molecule has 6 nitrogen and oxygen atoms in total. The zero-order valence-electron chi connectivity index (χ0n) is 16.1. The number of ether oxygens (including phenoxy) is 2. The second-order valence-electron chi connectivity index (χ2n) is 7.16. The molecule has 0 aromatic heterocycles. The van der Waals surface area contributed by atoms with Gasteiger partial charge in [0.25, 0.3) is 5.91 Å². The predicted octanol–water partition coefficient (Wildman–Crippen LogP) is 2.68. The van der Waals surface area contributed by atoms with Gasteiger partial charge in [-0.3, -0.25) is 9.69 Å². The molecule has 28 heavy (non-hydrogen) atoms. The van der Waals surface area contributed by atoms with Gasteiger partial charge in [-0.1, -0.05) is 29.8 Å². The molecule has 2 aliphatic heterocycles. The van der Waals surface area contributed by atoms with Crippen LogP contribution in [0.25, 0.3) is 6.08 Å². The number of hydrogen-bond acceptors (Lipinski definition) is 5. The lowest BCUT2D eigenvalue weighted by Gasteiger charge is -2.33. The summed E-state index contributed by atoms with van der Waals surface area (Å²) < 4.78 is 11.4. The van der Waals surface area contributed by atoms with Gasteiger partial charge < -0.3 is 20.1 Å². The Morgan fingerprint density at radius 3 is 2.71 bits per heavy atom. The van der Waals surface area contributed by atoms with Gasteiger partial charge in [0.05, 0.1) is 18.9 Å². The summed E-state index contributed by atoms with van der Waals surface area (Å²) >= 11 is 0. The minimum Gasteiger partial charge on any atom is -0.449 e. The first-order valence-corrected chi connectivity index (χ1v) is 9.58.